The number of para-hydroxylation sites is 1. The van der Waals surface area contributed by atoms with Crippen LogP contribution in [0.3, 0.4) is 0 Å². The monoisotopic (exact) mass is 295 g/mol. The molecular weight excluding hydrogens is 278 g/mol. The van der Waals surface area contributed by atoms with Gasteiger partial charge in [-0.3, -0.25) is 14.9 Å². The molecule has 0 spiro atoms. The molecule has 2 amide bonds. The largest absolute Gasteiger partial charge is 0.481 e. The van der Waals surface area contributed by atoms with E-state index in [0.717, 1.165) is 0 Å². The van der Waals surface area contributed by atoms with E-state index in [2.05, 4.69) is 10.6 Å². The highest BCUT2D eigenvalue weighted by atomic mass is 16.6. The Morgan fingerprint density at radius 1 is 1.38 bits per heavy atom. The Balaban J connectivity index is 2.46. The van der Waals surface area contributed by atoms with Crippen molar-refractivity contribution in [1.82, 2.24) is 10.6 Å². The Labute approximate surface area is 121 Å². The van der Waals surface area contributed by atoms with Crippen LogP contribution in [0.25, 0.3) is 0 Å². The molecule has 8 nitrogen and oxygen atoms in total. The number of rotatable bonds is 7. The predicted molar refractivity (Wildman–Crippen MR) is 74.8 cm³/mol. The van der Waals surface area contributed by atoms with Crippen LogP contribution in [0.4, 0.5) is 10.5 Å². The maximum atomic E-state index is 11.6. The SMILES string of the molecule is CC(CCC(=O)O)NC(=O)NCc1ccccc1[N+](=O)[O-]. The second-order valence-electron chi connectivity index (χ2n) is 4.55. The van der Waals surface area contributed by atoms with E-state index in [1.807, 2.05) is 0 Å². The summed E-state index contributed by atoms with van der Waals surface area (Å²) in [5.41, 5.74) is 0.340. The number of nitro benzene ring substituents is 1. The first-order chi connectivity index (χ1) is 9.90. The molecule has 1 aromatic rings. The van der Waals surface area contributed by atoms with Crippen LogP contribution < -0.4 is 10.6 Å². The molecule has 0 aromatic heterocycles. The Morgan fingerprint density at radius 3 is 2.67 bits per heavy atom. The van der Waals surface area contributed by atoms with E-state index >= 15 is 0 Å². The highest BCUT2D eigenvalue weighted by molar-refractivity contribution is 5.74. The van der Waals surface area contributed by atoms with Crippen LogP contribution in [0, 0.1) is 10.1 Å². The molecule has 114 valence electrons. The van der Waals surface area contributed by atoms with E-state index in [1.54, 1.807) is 25.1 Å². The fraction of sp³-hybridized carbons (Fsp3) is 0.385. The van der Waals surface area contributed by atoms with Crippen molar-refractivity contribution < 1.29 is 19.6 Å². The maximum Gasteiger partial charge on any atom is 0.315 e. The zero-order valence-corrected chi connectivity index (χ0v) is 11.5. The van der Waals surface area contributed by atoms with Crippen LogP contribution in [0.1, 0.15) is 25.3 Å². The summed E-state index contributed by atoms with van der Waals surface area (Å²) in [7, 11) is 0. The van der Waals surface area contributed by atoms with Crippen molar-refractivity contribution >= 4 is 17.7 Å². The Kier molecular flexibility index (Phi) is 6.12. The number of carbonyl (C=O) groups is 2. The van der Waals surface area contributed by atoms with E-state index < -0.39 is 16.9 Å². The molecule has 3 N–H and O–H groups in total. The molecule has 0 aliphatic rings. The molecule has 8 heteroatoms. The van der Waals surface area contributed by atoms with Gasteiger partial charge in [0, 0.05) is 24.1 Å². The molecule has 0 saturated carbocycles. The zero-order valence-electron chi connectivity index (χ0n) is 11.5. The summed E-state index contributed by atoms with van der Waals surface area (Å²) >= 11 is 0. The number of aliphatic carboxylic acids is 1. The van der Waals surface area contributed by atoms with Gasteiger partial charge in [0.25, 0.3) is 5.69 Å². The van der Waals surface area contributed by atoms with Gasteiger partial charge in [-0.25, -0.2) is 4.79 Å². The minimum Gasteiger partial charge on any atom is -0.481 e. The molecule has 1 unspecified atom stereocenters. The number of hydrogen-bond donors (Lipinski definition) is 3. The third-order valence-electron chi connectivity index (χ3n) is 2.80. The number of nitrogens with one attached hydrogen (secondary N) is 2. The summed E-state index contributed by atoms with van der Waals surface area (Å²) in [5.74, 6) is -0.927. The second kappa shape index (κ2) is 7.83. The Bertz CT molecular complexity index is 532. The van der Waals surface area contributed by atoms with Crippen molar-refractivity contribution in [3.8, 4) is 0 Å². The van der Waals surface area contributed by atoms with E-state index in [9.17, 15) is 19.7 Å². The van der Waals surface area contributed by atoms with Gasteiger partial charge in [-0.05, 0) is 13.3 Å². The average molecular weight is 295 g/mol. The van der Waals surface area contributed by atoms with E-state index in [1.165, 1.54) is 6.07 Å². The van der Waals surface area contributed by atoms with Gasteiger partial charge in [-0.2, -0.15) is 0 Å². The summed E-state index contributed by atoms with van der Waals surface area (Å²) in [6, 6.07) is 5.34. The van der Waals surface area contributed by atoms with Gasteiger partial charge in [0.15, 0.2) is 0 Å². The highest BCUT2D eigenvalue weighted by Gasteiger charge is 2.14. The molecule has 0 heterocycles. The third kappa shape index (κ3) is 5.89. The molecule has 1 rings (SSSR count). The molecule has 0 aliphatic heterocycles. The summed E-state index contributed by atoms with van der Waals surface area (Å²) in [5, 5.41) is 24.4. The van der Waals surface area contributed by atoms with Crippen molar-refractivity contribution in [2.45, 2.75) is 32.4 Å². The number of carboxylic acid groups (broad SMARTS) is 1. The smallest absolute Gasteiger partial charge is 0.315 e. The molecule has 0 aliphatic carbocycles. The van der Waals surface area contributed by atoms with Gasteiger partial charge in [-0.15, -0.1) is 0 Å². The van der Waals surface area contributed by atoms with Gasteiger partial charge in [-0.1, -0.05) is 18.2 Å². The molecular formula is C13H17N3O5. The number of nitrogens with zero attached hydrogens (tertiary/aromatic N) is 1. The van der Waals surface area contributed by atoms with Gasteiger partial charge >= 0.3 is 12.0 Å². The van der Waals surface area contributed by atoms with Crippen LogP contribution in [-0.4, -0.2) is 28.1 Å². The molecule has 1 aromatic carbocycles. The average Bonchev–Trinajstić information content (AvgIpc) is 2.43. The summed E-state index contributed by atoms with van der Waals surface area (Å²) < 4.78 is 0. The van der Waals surface area contributed by atoms with Crippen molar-refractivity contribution in [1.29, 1.82) is 0 Å². The van der Waals surface area contributed by atoms with Crippen LogP contribution in [0.5, 0.6) is 0 Å². The molecule has 0 fully saturated rings. The molecule has 21 heavy (non-hydrogen) atoms. The lowest BCUT2D eigenvalue weighted by Crippen LogP contribution is -2.40. The Morgan fingerprint density at radius 2 is 2.05 bits per heavy atom. The number of carbonyl (C=O) groups excluding carboxylic acids is 1. The van der Waals surface area contributed by atoms with Gasteiger partial charge in [0.2, 0.25) is 0 Å². The minimum atomic E-state index is -0.927. The van der Waals surface area contributed by atoms with Crippen molar-refractivity contribution in [2.75, 3.05) is 0 Å². The fourth-order valence-corrected chi connectivity index (χ4v) is 1.70. The van der Waals surface area contributed by atoms with E-state index in [0.29, 0.717) is 12.0 Å². The van der Waals surface area contributed by atoms with E-state index in [-0.39, 0.29) is 24.7 Å². The zero-order chi connectivity index (χ0) is 15.8. The van der Waals surface area contributed by atoms with Crippen molar-refractivity contribution in [3.05, 3.63) is 39.9 Å². The first kappa shape index (κ1) is 16.4. The van der Waals surface area contributed by atoms with E-state index in [4.69, 9.17) is 5.11 Å². The lowest BCUT2D eigenvalue weighted by Gasteiger charge is -2.13. The quantitative estimate of drug-likeness (QED) is 0.521. The second-order valence-corrected chi connectivity index (χ2v) is 4.55. The number of hydrogen-bond acceptors (Lipinski definition) is 4. The molecule has 0 bridgehead atoms. The number of carboxylic acids is 1. The van der Waals surface area contributed by atoms with Crippen LogP contribution in [0.15, 0.2) is 24.3 Å². The topological polar surface area (TPSA) is 122 Å². The van der Waals surface area contributed by atoms with Gasteiger partial charge < -0.3 is 15.7 Å². The maximum absolute atomic E-state index is 11.6. The number of urea groups is 1. The molecule has 0 saturated heterocycles. The minimum absolute atomic E-state index is 0.0225. The number of nitro groups is 1. The Hall–Kier alpha value is -2.64. The summed E-state index contributed by atoms with van der Waals surface area (Å²) in [6.07, 6.45) is 0.278. The van der Waals surface area contributed by atoms with Crippen LogP contribution in [0.2, 0.25) is 0 Å². The lowest BCUT2D eigenvalue weighted by atomic mass is 10.2. The molecule has 1 atom stereocenters. The lowest BCUT2D eigenvalue weighted by molar-refractivity contribution is -0.385. The third-order valence-corrected chi connectivity index (χ3v) is 2.80. The normalized spacial score (nSPS) is 11.5. The first-order valence-electron chi connectivity index (χ1n) is 6.38. The summed E-state index contributed by atoms with van der Waals surface area (Å²) in [4.78, 5) is 32.3. The fourth-order valence-electron chi connectivity index (χ4n) is 1.70. The van der Waals surface area contributed by atoms with Crippen LogP contribution in [-0.2, 0) is 11.3 Å². The summed E-state index contributed by atoms with van der Waals surface area (Å²) in [6.45, 7) is 1.71. The van der Waals surface area contributed by atoms with Gasteiger partial charge in [0.1, 0.15) is 0 Å². The first-order valence-corrected chi connectivity index (χ1v) is 6.38. The standard InChI is InChI=1S/C13H17N3O5/c1-9(6-7-12(17)18)15-13(19)14-8-10-4-2-3-5-11(10)16(20)21/h2-5,9H,6-8H2,1H3,(H,17,18)(H2,14,15,19). The van der Waals surface area contributed by atoms with Crippen molar-refractivity contribution in [3.63, 3.8) is 0 Å². The highest BCUT2D eigenvalue weighted by Crippen LogP contribution is 2.16. The number of amides is 2. The molecule has 0 radical (unpaired) electrons. The van der Waals surface area contributed by atoms with Crippen LogP contribution >= 0.6 is 0 Å². The van der Waals surface area contributed by atoms with Crippen molar-refractivity contribution in [2.24, 2.45) is 0 Å². The van der Waals surface area contributed by atoms with Gasteiger partial charge in [0.05, 0.1) is 11.5 Å². The number of benzene rings is 1. The predicted octanol–water partition coefficient (Wildman–Crippen LogP) is 1.65.